The summed E-state index contributed by atoms with van der Waals surface area (Å²) in [7, 11) is -1.53. The zero-order chi connectivity index (χ0) is 13.8. The third-order valence-electron chi connectivity index (χ3n) is 4.64. The SMILES string of the molecule is CC[C@@H](O[Si](CC)(CC)CC)[C@@H](C)[C@@H]1O[C@H]1CO. The Morgan fingerprint density at radius 3 is 2.06 bits per heavy atom. The van der Waals surface area contributed by atoms with Crippen LogP contribution in [-0.4, -0.2) is 38.3 Å². The molecule has 0 bridgehead atoms. The van der Waals surface area contributed by atoms with E-state index in [0.717, 1.165) is 6.42 Å². The molecule has 1 heterocycles. The minimum atomic E-state index is -1.53. The fourth-order valence-corrected chi connectivity index (χ4v) is 5.88. The molecule has 1 aliphatic heterocycles. The second-order valence-corrected chi connectivity index (χ2v) is 10.2. The van der Waals surface area contributed by atoms with E-state index in [1.165, 1.54) is 18.1 Å². The van der Waals surface area contributed by atoms with E-state index in [4.69, 9.17) is 14.3 Å². The number of aliphatic hydroxyl groups excluding tert-OH is 1. The van der Waals surface area contributed by atoms with Crippen LogP contribution in [0.4, 0.5) is 0 Å². The Hall–Kier alpha value is 0.0969. The van der Waals surface area contributed by atoms with Gasteiger partial charge in [0, 0.05) is 12.0 Å². The van der Waals surface area contributed by atoms with Crippen LogP contribution in [0.3, 0.4) is 0 Å². The standard InChI is InChI=1S/C14H30O3Si/c1-6-12(11(5)14-13(10-15)16-14)17-18(7-2,8-3)9-4/h11-15H,6-10H2,1-5H3/t11-,12-,13+,14+/m1/s1. The Labute approximate surface area is 113 Å². The van der Waals surface area contributed by atoms with Gasteiger partial charge in [-0.1, -0.05) is 34.6 Å². The lowest BCUT2D eigenvalue weighted by atomic mass is 9.97. The summed E-state index contributed by atoms with van der Waals surface area (Å²) < 4.78 is 12.1. The van der Waals surface area contributed by atoms with Crippen molar-refractivity contribution >= 4 is 8.32 Å². The maximum Gasteiger partial charge on any atom is 0.192 e. The molecule has 0 amide bonds. The van der Waals surface area contributed by atoms with Crippen molar-refractivity contribution in [2.75, 3.05) is 6.61 Å². The predicted molar refractivity (Wildman–Crippen MR) is 77.3 cm³/mol. The molecule has 0 saturated carbocycles. The highest BCUT2D eigenvalue weighted by Crippen LogP contribution is 2.35. The highest BCUT2D eigenvalue weighted by Gasteiger charge is 2.46. The van der Waals surface area contributed by atoms with Crippen molar-refractivity contribution < 1.29 is 14.3 Å². The lowest BCUT2D eigenvalue weighted by Crippen LogP contribution is -2.43. The number of epoxide rings is 1. The second kappa shape index (κ2) is 7.03. The number of ether oxygens (including phenoxy) is 1. The summed E-state index contributed by atoms with van der Waals surface area (Å²) in [5, 5.41) is 9.09. The molecule has 1 fully saturated rings. The van der Waals surface area contributed by atoms with Crippen LogP contribution in [0, 0.1) is 5.92 Å². The van der Waals surface area contributed by atoms with E-state index in [9.17, 15) is 0 Å². The van der Waals surface area contributed by atoms with Crippen LogP contribution < -0.4 is 0 Å². The molecule has 0 aromatic heterocycles. The van der Waals surface area contributed by atoms with Gasteiger partial charge in [-0.15, -0.1) is 0 Å². The second-order valence-electron chi connectivity index (χ2n) is 5.49. The van der Waals surface area contributed by atoms with Gasteiger partial charge in [0.1, 0.15) is 6.10 Å². The van der Waals surface area contributed by atoms with Crippen LogP contribution in [0.2, 0.25) is 18.1 Å². The molecular formula is C14H30O3Si. The molecule has 4 atom stereocenters. The Morgan fingerprint density at radius 2 is 1.72 bits per heavy atom. The lowest BCUT2D eigenvalue weighted by Gasteiger charge is -2.35. The molecule has 108 valence electrons. The molecule has 1 saturated heterocycles. The molecule has 0 unspecified atom stereocenters. The minimum Gasteiger partial charge on any atom is -0.414 e. The number of rotatable bonds is 9. The number of hydrogen-bond donors (Lipinski definition) is 1. The van der Waals surface area contributed by atoms with Gasteiger partial charge in [-0.3, -0.25) is 0 Å². The average molecular weight is 274 g/mol. The van der Waals surface area contributed by atoms with E-state index >= 15 is 0 Å². The van der Waals surface area contributed by atoms with Gasteiger partial charge in [-0.25, -0.2) is 0 Å². The maximum absolute atomic E-state index is 9.09. The lowest BCUT2D eigenvalue weighted by molar-refractivity contribution is 0.107. The average Bonchev–Trinajstić information content (AvgIpc) is 3.20. The van der Waals surface area contributed by atoms with Crippen LogP contribution in [-0.2, 0) is 9.16 Å². The van der Waals surface area contributed by atoms with Crippen LogP contribution in [0.5, 0.6) is 0 Å². The summed E-state index contributed by atoms with van der Waals surface area (Å²) in [4.78, 5) is 0. The summed E-state index contributed by atoms with van der Waals surface area (Å²) in [6.07, 6.45) is 1.59. The van der Waals surface area contributed by atoms with Crippen LogP contribution in [0.15, 0.2) is 0 Å². The third-order valence-corrected chi connectivity index (χ3v) is 9.31. The molecule has 0 aliphatic carbocycles. The molecule has 0 aromatic rings. The Bertz CT molecular complexity index is 235. The van der Waals surface area contributed by atoms with Crippen molar-refractivity contribution in [1.82, 2.24) is 0 Å². The zero-order valence-corrected chi connectivity index (χ0v) is 13.6. The molecule has 1 rings (SSSR count). The minimum absolute atomic E-state index is 0.0543. The maximum atomic E-state index is 9.09. The summed E-state index contributed by atoms with van der Waals surface area (Å²) >= 11 is 0. The number of hydrogen-bond acceptors (Lipinski definition) is 3. The van der Waals surface area contributed by atoms with Gasteiger partial charge in [-0.2, -0.15) is 0 Å². The third kappa shape index (κ3) is 3.56. The first-order valence-corrected chi connectivity index (χ1v) is 10.0. The highest BCUT2D eigenvalue weighted by molar-refractivity contribution is 6.73. The summed E-state index contributed by atoms with van der Waals surface area (Å²) in [6.45, 7) is 11.3. The molecule has 0 aromatic carbocycles. The Balaban J connectivity index is 2.60. The van der Waals surface area contributed by atoms with Crippen molar-refractivity contribution in [2.45, 2.75) is 77.5 Å². The zero-order valence-electron chi connectivity index (χ0n) is 12.6. The van der Waals surface area contributed by atoms with Crippen molar-refractivity contribution in [3.05, 3.63) is 0 Å². The van der Waals surface area contributed by atoms with Crippen molar-refractivity contribution in [1.29, 1.82) is 0 Å². The fraction of sp³-hybridized carbons (Fsp3) is 1.00. The summed E-state index contributed by atoms with van der Waals surface area (Å²) in [5.74, 6) is 0.392. The van der Waals surface area contributed by atoms with Crippen molar-refractivity contribution in [3.63, 3.8) is 0 Å². The van der Waals surface area contributed by atoms with Gasteiger partial charge >= 0.3 is 0 Å². The highest BCUT2D eigenvalue weighted by atomic mass is 28.4. The van der Waals surface area contributed by atoms with Crippen molar-refractivity contribution in [2.24, 2.45) is 5.92 Å². The normalized spacial score (nSPS) is 27.0. The van der Waals surface area contributed by atoms with E-state index in [0.29, 0.717) is 5.92 Å². The first-order chi connectivity index (χ1) is 8.57. The number of aliphatic hydroxyl groups is 1. The van der Waals surface area contributed by atoms with E-state index in [2.05, 4.69) is 34.6 Å². The van der Waals surface area contributed by atoms with Crippen molar-refractivity contribution in [3.8, 4) is 0 Å². The smallest absolute Gasteiger partial charge is 0.192 e. The van der Waals surface area contributed by atoms with Crippen LogP contribution >= 0.6 is 0 Å². The first-order valence-electron chi connectivity index (χ1n) is 7.51. The van der Waals surface area contributed by atoms with Gasteiger partial charge < -0.3 is 14.3 Å². The van der Waals surface area contributed by atoms with E-state index in [-0.39, 0.29) is 24.9 Å². The predicted octanol–water partition coefficient (Wildman–Crippen LogP) is 3.18. The molecule has 0 spiro atoms. The fourth-order valence-electron chi connectivity index (χ4n) is 2.86. The Kier molecular flexibility index (Phi) is 6.31. The summed E-state index contributed by atoms with van der Waals surface area (Å²) in [5.41, 5.74) is 0. The van der Waals surface area contributed by atoms with E-state index in [1.807, 2.05) is 0 Å². The molecule has 1 aliphatic rings. The quantitative estimate of drug-likeness (QED) is 0.518. The first kappa shape index (κ1) is 16.2. The van der Waals surface area contributed by atoms with Crippen LogP contribution in [0.25, 0.3) is 0 Å². The molecule has 1 N–H and O–H groups in total. The van der Waals surface area contributed by atoms with Gasteiger partial charge in [0.05, 0.1) is 12.7 Å². The summed E-state index contributed by atoms with van der Waals surface area (Å²) in [6, 6.07) is 3.58. The molecule has 4 heteroatoms. The van der Waals surface area contributed by atoms with Gasteiger partial charge in [0.15, 0.2) is 8.32 Å². The van der Waals surface area contributed by atoms with Crippen LogP contribution in [0.1, 0.15) is 41.0 Å². The van der Waals surface area contributed by atoms with Gasteiger partial charge in [0.2, 0.25) is 0 Å². The molecular weight excluding hydrogens is 244 g/mol. The van der Waals surface area contributed by atoms with Gasteiger partial charge in [0.25, 0.3) is 0 Å². The molecule has 18 heavy (non-hydrogen) atoms. The topological polar surface area (TPSA) is 42.0 Å². The largest absolute Gasteiger partial charge is 0.414 e. The molecule has 0 radical (unpaired) electrons. The van der Waals surface area contributed by atoms with E-state index < -0.39 is 8.32 Å². The van der Waals surface area contributed by atoms with Gasteiger partial charge in [-0.05, 0) is 24.6 Å². The monoisotopic (exact) mass is 274 g/mol. The molecule has 3 nitrogen and oxygen atoms in total. The van der Waals surface area contributed by atoms with E-state index in [1.54, 1.807) is 0 Å². The Morgan fingerprint density at radius 1 is 1.17 bits per heavy atom.